The summed E-state index contributed by atoms with van der Waals surface area (Å²) in [7, 11) is -2.16. The summed E-state index contributed by atoms with van der Waals surface area (Å²) in [5.41, 5.74) is 3.00. The van der Waals surface area contributed by atoms with E-state index < -0.39 is 10.0 Å². The third-order valence-electron chi connectivity index (χ3n) is 4.46. The highest BCUT2D eigenvalue weighted by Crippen LogP contribution is 2.36. The van der Waals surface area contributed by atoms with Crippen molar-refractivity contribution in [1.29, 1.82) is 0 Å². The second kappa shape index (κ2) is 8.03. The van der Waals surface area contributed by atoms with E-state index in [0.717, 1.165) is 20.9 Å². The molecule has 2 N–H and O–H groups in total. The first-order valence-corrected chi connectivity index (χ1v) is 11.9. The van der Waals surface area contributed by atoms with Crippen LogP contribution < -0.4 is 10.0 Å². The molecule has 2 aromatic carbocycles. The molecule has 0 radical (unpaired) electrons. The minimum absolute atomic E-state index is 0.00778. The van der Waals surface area contributed by atoms with Crippen molar-refractivity contribution in [1.82, 2.24) is 9.97 Å². The topological polar surface area (TPSA) is 84.0 Å². The van der Waals surface area contributed by atoms with Crippen molar-refractivity contribution >= 4 is 65.6 Å². The predicted octanol–water partition coefficient (Wildman–Crippen LogP) is 5.82. The average molecular weight is 479 g/mol. The highest BCUT2D eigenvalue weighted by atomic mass is 35.5. The van der Waals surface area contributed by atoms with E-state index in [1.807, 2.05) is 25.2 Å². The van der Waals surface area contributed by atoms with Gasteiger partial charge in [0.15, 0.2) is 10.3 Å². The molecular weight excluding hydrogens is 463 g/mol. The van der Waals surface area contributed by atoms with E-state index >= 15 is 0 Å². The Kier molecular flexibility index (Phi) is 5.59. The number of fused-ring (bicyclic) bond motifs is 1. The number of hydrogen-bond acceptors (Lipinski definition) is 6. The van der Waals surface area contributed by atoms with Crippen molar-refractivity contribution in [3.05, 3.63) is 64.4 Å². The molecule has 6 nitrogen and oxygen atoms in total. The minimum atomic E-state index is -3.97. The molecule has 0 bridgehead atoms. The maximum atomic E-state index is 13.0. The second-order valence-corrected chi connectivity index (χ2v) is 9.89. The van der Waals surface area contributed by atoms with E-state index in [2.05, 4.69) is 20.0 Å². The molecular formula is C20H16Cl2N4O2S2. The van der Waals surface area contributed by atoms with Crippen LogP contribution in [0.1, 0.15) is 5.56 Å². The molecule has 4 aromatic rings. The standard InChI is InChI=1S/C20H16Cl2N4O2S2/c1-11-5-3-7-14(21)18(11)30(27,28)26-15-9-12(10-24-19(15)22)13-6-4-8-16-17(13)25-20(23-2)29-16/h3-10,26H,1-2H3,(H,23,25). The Balaban J connectivity index is 1.79. The minimum Gasteiger partial charge on any atom is -0.365 e. The zero-order chi connectivity index (χ0) is 21.5. The fourth-order valence-electron chi connectivity index (χ4n) is 3.11. The van der Waals surface area contributed by atoms with Gasteiger partial charge in [0, 0.05) is 24.4 Å². The normalized spacial score (nSPS) is 11.6. The number of pyridine rings is 1. The maximum absolute atomic E-state index is 13.0. The number of sulfonamides is 1. The lowest BCUT2D eigenvalue weighted by Crippen LogP contribution is -2.15. The number of hydrogen-bond donors (Lipinski definition) is 2. The number of anilines is 2. The monoisotopic (exact) mass is 478 g/mol. The number of benzene rings is 2. The Labute approximate surface area is 188 Å². The van der Waals surface area contributed by atoms with Gasteiger partial charge in [-0.1, -0.05) is 58.8 Å². The first-order valence-electron chi connectivity index (χ1n) is 8.81. The zero-order valence-electron chi connectivity index (χ0n) is 15.9. The van der Waals surface area contributed by atoms with Crippen LogP contribution in [-0.2, 0) is 10.0 Å². The van der Waals surface area contributed by atoms with Gasteiger partial charge in [-0.25, -0.2) is 18.4 Å². The lowest BCUT2D eigenvalue weighted by atomic mass is 10.1. The molecule has 0 fully saturated rings. The van der Waals surface area contributed by atoms with E-state index in [1.54, 1.807) is 31.3 Å². The van der Waals surface area contributed by atoms with Gasteiger partial charge in [-0.05, 0) is 30.7 Å². The Morgan fingerprint density at radius 2 is 1.87 bits per heavy atom. The first-order chi connectivity index (χ1) is 14.3. The largest absolute Gasteiger partial charge is 0.365 e. The summed E-state index contributed by atoms with van der Waals surface area (Å²) in [5, 5.41) is 4.00. The maximum Gasteiger partial charge on any atom is 0.263 e. The van der Waals surface area contributed by atoms with Crippen molar-refractivity contribution in [2.75, 3.05) is 17.1 Å². The summed E-state index contributed by atoms with van der Waals surface area (Å²) >= 11 is 13.9. The summed E-state index contributed by atoms with van der Waals surface area (Å²) < 4.78 is 29.5. The van der Waals surface area contributed by atoms with Crippen LogP contribution in [-0.4, -0.2) is 25.4 Å². The van der Waals surface area contributed by atoms with Gasteiger partial charge in [0.05, 0.1) is 20.9 Å². The molecule has 0 aliphatic carbocycles. The SMILES string of the molecule is CNc1nc2c(-c3cnc(Cl)c(NS(=O)(=O)c4c(C)cccc4Cl)c3)cccc2s1. The summed E-state index contributed by atoms with van der Waals surface area (Å²) in [5.74, 6) is 0. The first kappa shape index (κ1) is 20.9. The van der Waals surface area contributed by atoms with E-state index in [-0.39, 0.29) is 20.8 Å². The van der Waals surface area contributed by atoms with Gasteiger partial charge >= 0.3 is 0 Å². The Morgan fingerprint density at radius 3 is 2.60 bits per heavy atom. The highest BCUT2D eigenvalue weighted by molar-refractivity contribution is 7.93. The van der Waals surface area contributed by atoms with Crippen molar-refractivity contribution in [2.45, 2.75) is 11.8 Å². The Morgan fingerprint density at radius 1 is 1.10 bits per heavy atom. The Bertz CT molecular complexity index is 1350. The van der Waals surface area contributed by atoms with Gasteiger partial charge in [-0.2, -0.15) is 0 Å². The number of halogens is 2. The molecule has 0 saturated carbocycles. The van der Waals surface area contributed by atoms with Gasteiger partial charge in [-0.3, -0.25) is 4.72 Å². The molecule has 0 aliphatic rings. The molecule has 0 spiro atoms. The number of aromatic nitrogens is 2. The molecule has 0 unspecified atom stereocenters. The van der Waals surface area contributed by atoms with Crippen LogP contribution in [0, 0.1) is 6.92 Å². The predicted molar refractivity (Wildman–Crippen MR) is 124 cm³/mol. The molecule has 2 aromatic heterocycles. The third kappa shape index (κ3) is 3.83. The number of rotatable bonds is 5. The van der Waals surface area contributed by atoms with Crippen LogP contribution >= 0.6 is 34.5 Å². The molecule has 30 heavy (non-hydrogen) atoms. The molecule has 0 atom stereocenters. The van der Waals surface area contributed by atoms with Gasteiger partial charge in [0.2, 0.25) is 0 Å². The zero-order valence-corrected chi connectivity index (χ0v) is 19.0. The second-order valence-electron chi connectivity index (χ2n) is 6.48. The molecule has 154 valence electrons. The number of nitrogens with zero attached hydrogens (tertiary/aromatic N) is 2. The number of aryl methyl sites for hydroxylation is 1. The van der Waals surface area contributed by atoms with Gasteiger partial charge < -0.3 is 5.32 Å². The third-order valence-corrected chi connectivity index (χ3v) is 7.79. The number of para-hydroxylation sites is 1. The van der Waals surface area contributed by atoms with Crippen molar-refractivity contribution < 1.29 is 8.42 Å². The van der Waals surface area contributed by atoms with E-state index in [0.29, 0.717) is 11.1 Å². The fourth-order valence-corrected chi connectivity index (χ4v) is 6.05. The van der Waals surface area contributed by atoms with E-state index in [4.69, 9.17) is 23.2 Å². The van der Waals surface area contributed by atoms with Crippen LogP contribution in [0.15, 0.2) is 53.6 Å². The molecule has 0 aliphatic heterocycles. The fraction of sp³-hybridized carbons (Fsp3) is 0.100. The summed E-state index contributed by atoms with van der Waals surface area (Å²) in [6.45, 7) is 1.68. The summed E-state index contributed by atoms with van der Waals surface area (Å²) in [6.07, 6.45) is 1.59. The van der Waals surface area contributed by atoms with Gasteiger partial charge in [0.25, 0.3) is 10.0 Å². The van der Waals surface area contributed by atoms with Gasteiger partial charge in [0.1, 0.15) is 4.90 Å². The van der Waals surface area contributed by atoms with Crippen LogP contribution in [0.5, 0.6) is 0 Å². The highest BCUT2D eigenvalue weighted by Gasteiger charge is 2.22. The number of nitrogens with one attached hydrogen (secondary N) is 2. The summed E-state index contributed by atoms with van der Waals surface area (Å²) in [6, 6.07) is 12.3. The average Bonchev–Trinajstić information content (AvgIpc) is 3.12. The lowest BCUT2D eigenvalue weighted by Gasteiger charge is -2.13. The molecule has 0 saturated heterocycles. The van der Waals surface area contributed by atoms with Crippen LogP contribution in [0.25, 0.3) is 21.3 Å². The Hall–Kier alpha value is -2.39. The quantitative estimate of drug-likeness (QED) is 0.353. The van der Waals surface area contributed by atoms with Crippen LogP contribution in [0.3, 0.4) is 0 Å². The van der Waals surface area contributed by atoms with Crippen molar-refractivity contribution in [3.8, 4) is 11.1 Å². The molecule has 10 heteroatoms. The molecule has 2 heterocycles. The van der Waals surface area contributed by atoms with Crippen LogP contribution in [0.2, 0.25) is 10.2 Å². The molecule has 0 amide bonds. The van der Waals surface area contributed by atoms with E-state index in [1.165, 1.54) is 17.4 Å². The van der Waals surface area contributed by atoms with Crippen molar-refractivity contribution in [2.24, 2.45) is 0 Å². The molecule has 4 rings (SSSR count). The van der Waals surface area contributed by atoms with Crippen molar-refractivity contribution in [3.63, 3.8) is 0 Å². The number of thiazole rings is 1. The van der Waals surface area contributed by atoms with E-state index in [9.17, 15) is 8.42 Å². The van der Waals surface area contributed by atoms with Gasteiger partial charge in [-0.15, -0.1) is 0 Å². The lowest BCUT2D eigenvalue weighted by molar-refractivity contribution is 0.600. The smallest absolute Gasteiger partial charge is 0.263 e. The summed E-state index contributed by atoms with van der Waals surface area (Å²) in [4.78, 5) is 8.78. The van der Waals surface area contributed by atoms with Crippen LogP contribution in [0.4, 0.5) is 10.8 Å².